The van der Waals surface area contributed by atoms with Crippen LogP contribution in [0, 0.1) is 6.92 Å². The molecule has 0 unspecified atom stereocenters. The van der Waals surface area contributed by atoms with Gasteiger partial charge in [-0.2, -0.15) is 8.78 Å². The standard InChI is InChI=1S/C20H18F2N2O4S/c1-11-16(26-2)8-12(9-17(11)27-3)18(25)24-20-23-14(10-29-20)13-6-4-5-7-15(13)28-19(21)22/h4-10,19H,1-3H3,(H,23,24,25). The number of rotatable bonds is 7. The van der Waals surface area contributed by atoms with Gasteiger partial charge in [0.15, 0.2) is 5.13 Å². The molecule has 0 fully saturated rings. The van der Waals surface area contributed by atoms with Crippen LogP contribution < -0.4 is 19.5 Å². The molecule has 1 aromatic heterocycles. The zero-order valence-electron chi connectivity index (χ0n) is 15.9. The molecule has 3 aromatic rings. The summed E-state index contributed by atoms with van der Waals surface area (Å²) in [4.78, 5) is 17.0. The Morgan fingerprint density at radius 1 is 1.10 bits per heavy atom. The molecule has 0 spiro atoms. The number of nitrogens with zero attached hydrogens (tertiary/aromatic N) is 1. The number of benzene rings is 2. The van der Waals surface area contributed by atoms with Crippen LogP contribution in [0.3, 0.4) is 0 Å². The van der Waals surface area contributed by atoms with Crippen molar-refractivity contribution in [3.8, 4) is 28.5 Å². The van der Waals surface area contributed by atoms with E-state index >= 15 is 0 Å². The number of ether oxygens (including phenoxy) is 3. The van der Waals surface area contributed by atoms with Crippen molar-refractivity contribution >= 4 is 22.4 Å². The van der Waals surface area contributed by atoms with Crippen LogP contribution in [0.1, 0.15) is 15.9 Å². The number of hydrogen-bond acceptors (Lipinski definition) is 6. The lowest BCUT2D eigenvalue weighted by molar-refractivity contribution is -0.0494. The maximum absolute atomic E-state index is 12.6. The maximum atomic E-state index is 12.6. The number of methoxy groups -OCH3 is 2. The highest BCUT2D eigenvalue weighted by Gasteiger charge is 2.17. The van der Waals surface area contributed by atoms with Gasteiger partial charge in [-0.25, -0.2) is 4.98 Å². The van der Waals surface area contributed by atoms with Crippen molar-refractivity contribution in [1.29, 1.82) is 0 Å². The van der Waals surface area contributed by atoms with E-state index in [1.165, 1.54) is 31.6 Å². The third-order valence-electron chi connectivity index (χ3n) is 4.12. The predicted molar refractivity (Wildman–Crippen MR) is 106 cm³/mol. The number of halogens is 2. The number of amides is 1. The number of hydrogen-bond donors (Lipinski definition) is 1. The van der Waals surface area contributed by atoms with E-state index in [9.17, 15) is 13.6 Å². The Morgan fingerprint density at radius 2 is 1.76 bits per heavy atom. The van der Waals surface area contributed by atoms with Gasteiger partial charge in [0.05, 0.1) is 19.9 Å². The molecule has 2 aromatic carbocycles. The van der Waals surface area contributed by atoms with E-state index in [0.717, 1.165) is 5.56 Å². The lowest BCUT2D eigenvalue weighted by atomic mass is 10.1. The lowest BCUT2D eigenvalue weighted by Crippen LogP contribution is -2.12. The van der Waals surface area contributed by atoms with Crippen molar-refractivity contribution in [3.05, 3.63) is 52.9 Å². The molecule has 29 heavy (non-hydrogen) atoms. The second kappa shape index (κ2) is 8.87. The number of thiazole rings is 1. The van der Waals surface area contributed by atoms with Crippen molar-refractivity contribution < 1.29 is 27.8 Å². The Kier molecular flexibility index (Phi) is 6.28. The summed E-state index contributed by atoms with van der Waals surface area (Å²) in [5, 5.41) is 4.67. The highest BCUT2D eigenvalue weighted by atomic mass is 32.1. The fourth-order valence-electron chi connectivity index (χ4n) is 2.72. The lowest BCUT2D eigenvalue weighted by Gasteiger charge is -2.12. The highest BCUT2D eigenvalue weighted by molar-refractivity contribution is 7.14. The van der Waals surface area contributed by atoms with Gasteiger partial charge in [0.1, 0.15) is 17.2 Å². The number of anilines is 1. The van der Waals surface area contributed by atoms with Crippen molar-refractivity contribution in [2.24, 2.45) is 0 Å². The second-order valence-electron chi connectivity index (χ2n) is 5.87. The van der Waals surface area contributed by atoms with E-state index in [4.69, 9.17) is 9.47 Å². The van der Waals surface area contributed by atoms with Crippen molar-refractivity contribution in [2.75, 3.05) is 19.5 Å². The van der Waals surface area contributed by atoms with Crippen LogP contribution in [0.2, 0.25) is 0 Å². The van der Waals surface area contributed by atoms with Gasteiger partial charge in [-0.15, -0.1) is 11.3 Å². The topological polar surface area (TPSA) is 69.7 Å². The third kappa shape index (κ3) is 4.62. The summed E-state index contributed by atoms with van der Waals surface area (Å²) >= 11 is 1.17. The van der Waals surface area contributed by atoms with E-state index in [1.807, 2.05) is 6.92 Å². The minimum atomic E-state index is -2.94. The number of carbonyl (C=O) groups excluding carboxylic acids is 1. The fourth-order valence-corrected chi connectivity index (χ4v) is 3.42. The van der Waals surface area contributed by atoms with Crippen LogP contribution in [0.4, 0.5) is 13.9 Å². The van der Waals surface area contributed by atoms with Gasteiger partial charge in [0.2, 0.25) is 0 Å². The Balaban J connectivity index is 1.84. The zero-order valence-corrected chi connectivity index (χ0v) is 16.7. The molecule has 1 heterocycles. The van der Waals surface area contributed by atoms with Crippen molar-refractivity contribution in [2.45, 2.75) is 13.5 Å². The molecule has 0 saturated carbocycles. The third-order valence-corrected chi connectivity index (χ3v) is 4.88. The van der Waals surface area contributed by atoms with E-state index in [0.29, 0.717) is 33.5 Å². The molecule has 1 amide bonds. The summed E-state index contributed by atoms with van der Waals surface area (Å²) in [5.41, 5.74) is 1.94. The van der Waals surface area contributed by atoms with Crippen molar-refractivity contribution in [1.82, 2.24) is 4.98 Å². The van der Waals surface area contributed by atoms with Crippen LogP contribution in [-0.2, 0) is 0 Å². The molecule has 0 aliphatic carbocycles. The molecule has 9 heteroatoms. The number of aromatic nitrogens is 1. The van der Waals surface area contributed by atoms with Gasteiger partial charge >= 0.3 is 6.61 Å². The summed E-state index contributed by atoms with van der Waals surface area (Å²) in [6.07, 6.45) is 0. The Bertz CT molecular complexity index is 998. The Morgan fingerprint density at radius 3 is 2.38 bits per heavy atom. The maximum Gasteiger partial charge on any atom is 0.387 e. The summed E-state index contributed by atoms with van der Waals surface area (Å²) in [5.74, 6) is 0.651. The summed E-state index contributed by atoms with van der Waals surface area (Å²) in [7, 11) is 3.02. The Labute approximate surface area is 170 Å². The van der Waals surface area contributed by atoms with Crippen LogP contribution in [0.15, 0.2) is 41.8 Å². The number of carbonyl (C=O) groups is 1. The summed E-state index contributed by atoms with van der Waals surface area (Å²) < 4.78 is 40.3. The first-order valence-corrected chi connectivity index (χ1v) is 9.34. The molecule has 3 rings (SSSR count). The van der Waals surface area contributed by atoms with Crippen molar-refractivity contribution in [3.63, 3.8) is 0 Å². The van der Waals surface area contributed by atoms with E-state index in [2.05, 4.69) is 15.0 Å². The number of para-hydroxylation sites is 1. The average molecular weight is 420 g/mol. The molecule has 0 bridgehead atoms. The predicted octanol–water partition coefficient (Wildman–Crippen LogP) is 4.99. The molecule has 0 saturated heterocycles. The van der Waals surface area contributed by atoms with Gasteiger partial charge in [-0.05, 0) is 31.2 Å². The van der Waals surface area contributed by atoms with Crippen LogP contribution >= 0.6 is 11.3 Å². The number of alkyl halides is 2. The number of nitrogens with one attached hydrogen (secondary N) is 1. The molecule has 6 nitrogen and oxygen atoms in total. The second-order valence-corrected chi connectivity index (χ2v) is 6.73. The van der Waals surface area contributed by atoms with Gasteiger partial charge in [-0.1, -0.05) is 12.1 Å². The first kappa shape index (κ1) is 20.5. The Hall–Kier alpha value is -3.20. The van der Waals surface area contributed by atoms with E-state index in [-0.39, 0.29) is 5.75 Å². The molecule has 0 aliphatic rings. The van der Waals surface area contributed by atoms with Crippen LogP contribution in [0.5, 0.6) is 17.2 Å². The minimum Gasteiger partial charge on any atom is -0.496 e. The van der Waals surface area contributed by atoms with Gasteiger partial charge in [0.25, 0.3) is 5.91 Å². The zero-order chi connectivity index (χ0) is 21.0. The summed E-state index contributed by atoms with van der Waals surface area (Å²) in [6.45, 7) is -1.12. The van der Waals surface area contributed by atoms with Gasteiger partial charge < -0.3 is 14.2 Å². The van der Waals surface area contributed by atoms with Crippen LogP contribution in [-0.4, -0.2) is 31.7 Å². The summed E-state index contributed by atoms with van der Waals surface area (Å²) in [6, 6.07) is 9.55. The van der Waals surface area contributed by atoms with E-state index in [1.54, 1.807) is 35.7 Å². The average Bonchev–Trinajstić information content (AvgIpc) is 3.16. The smallest absolute Gasteiger partial charge is 0.387 e. The van der Waals surface area contributed by atoms with Gasteiger partial charge in [-0.3, -0.25) is 10.1 Å². The molecule has 0 atom stereocenters. The van der Waals surface area contributed by atoms with E-state index < -0.39 is 12.5 Å². The SMILES string of the molecule is COc1cc(C(=O)Nc2nc(-c3ccccc3OC(F)F)cs2)cc(OC)c1C. The molecule has 152 valence electrons. The normalized spacial score (nSPS) is 10.7. The van der Waals surface area contributed by atoms with Crippen LogP contribution in [0.25, 0.3) is 11.3 Å². The highest BCUT2D eigenvalue weighted by Crippen LogP contribution is 2.34. The first-order valence-electron chi connectivity index (χ1n) is 8.46. The van der Waals surface area contributed by atoms with Gasteiger partial charge in [0, 0.05) is 22.1 Å². The molecule has 0 radical (unpaired) electrons. The largest absolute Gasteiger partial charge is 0.496 e. The molecular formula is C20H18F2N2O4S. The minimum absolute atomic E-state index is 0.0127. The molecule has 0 aliphatic heterocycles. The molecular weight excluding hydrogens is 402 g/mol. The monoisotopic (exact) mass is 420 g/mol. The molecule has 1 N–H and O–H groups in total. The quantitative estimate of drug-likeness (QED) is 0.583. The fraction of sp³-hybridized carbons (Fsp3) is 0.200. The first-order chi connectivity index (χ1) is 13.9.